The minimum absolute atomic E-state index is 0.206. The van der Waals surface area contributed by atoms with E-state index >= 15 is 0 Å². The molecule has 0 fully saturated rings. The lowest BCUT2D eigenvalue weighted by Gasteiger charge is -2.12. The third-order valence-corrected chi connectivity index (χ3v) is 6.36. The molecule has 32 heavy (non-hydrogen) atoms. The lowest BCUT2D eigenvalue weighted by atomic mass is 9.98. The van der Waals surface area contributed by atoms with E-state index in [2.05, 4.69) is 15.5 Å². The van der Waals surface area contributed by atoms with E-state index in [1.165, 1.54) is 11.3 Å². The van der Waals surface area contributed by atoms with Crippen molar-refractivity contribution in [2.75, 3.05) is 11.9 Å². The van der Waals surface area contributed by atoms with Gasteiger partial charge in [0.05, 0.1) is 24.3 Å². The summed E-state index contributed by atoms with van der Waals surface area (Å²) in [5.74, 6) is 0.304. The Labute approximate surface area is 188 Å². The molecule has 0 spiro atoms. The van der Waals surface area contributed by atoms with E-state index < -0.39 is 0 Å². The zero-order valence-corrected chi connectivity index (χ0v) is 18.1. The highest BCUT2D eigenvalue weighted by molar-refractivity contribution is 7.17. The van der Waals surface area contributed by atoms with Crippen LogP contribution in [0.15, 0.2) is 59.1 Å². The Hall–Kier alpha value is -3.62. The quantitative estimate of drug-likeness (QED) is 0.449. The van der Waals surface area contributed by atoms with Crippen molar-refractivity contribution >= 4 is 28.0 Å². The van der Waals surface area contributed by atoms with Gasteiger partial charge in [-0.2, -0.15) is 4.98 Å². The summed E-state index contributed by atoms with van der Waals surface area (Å²) in [7, 11) is 0. The van der Waals surface area contributed by atoms with E-state index in [4.69, 9.17) is 9.26 Å². The van der Waals surface area contributed by atoms with Gasteiger partial charge in [-0.1, -0.05) is 53.7 Å². The first kappa shape index (κ1) is 20.3. The number of rotatable bonds is 5. The number of aromatic nitrogens is 2. The zero-order chi connectivity index (χ0) is 22.1. The Morgan fingerprint density at radius 1 is 1.03 bits per heavy atom. The van der Waals surface area contributed by atoms with Crippen LogP contribution in [0.3, 0.4) is 0 Å². The number of fused-ring (bicyclic) bond motifs is 1. The molecule has 160 valence electrons. The molecule has 5 rings (SSSR count). The molecule has 0 radical (unpaired) electrons. The minimum atomic E-state index is -0.373. The molecule has 2 aromatic heterocycles. The minimum Gasteiger partial charge on any atom is -0.376 e. The molecule has 1 aliphatic rings. The van der Waals surface area contributed by atoms with Crippen molar-refractivity contribution in [3.8, 4) is 11.5 Å². The van der Waals surface area contributed by atoms with Crippen LogP contribution in [-0.4, -0.2) is 28.4 Å². The van der Waals surface area contributed by atoms with Crippen LogP contribution in [0.25, 0.3) is 11.5 Å². The van der Waals surface area contributed by atoms with E-state index in [-0.39, 0.29) is 11.7 Å². The lowest BCUT2D eigenvalue weighted by Crippen LogP contribution is -2.17. The van der Waals surface area contributed by atoms with Crippen molar-refractivity contribution in [3.63, 3.8) is 0 Å². The summed E-state index contributed by atoms with van der Waals surface area (Å²) in [6.45, 7) is 2.81. The summed E-state index contributed by atoms with van der Waals surface area (Å²) in [5, 5.41) is 7.49. The summed E-state index contributed by atoms with van der Waals surface area (Å²) >= 11 is 1.43. The van der Waals surface area contributed by atoms with Crippen molar-refractivity contribution in [1.82, 2.24) is 10.1 Å². The second-order valence-electron chi connectivity index (χ2n) is 7.35. The molecule has 1 amide bonds. The Morgan fingerprint density at radius 3 is 2.53 bits per heavy atom. The Balaban J connectivity index is 1.52. The summed E-state index contributed by atoms with van der Waals surface area (Å²) in [6, 6.07) is 15.7. The number of ketones is 1. The number of aryl methyl sites for hydroxylation is 1. The Kier molecular flexibility index (Phi) is 5.38. The number of ether oxygens (including phenoxy) is 1. The van der Waals surface area contributed by atoms with Gasteiger partial charge in [0.25, 0.3) is 11.8 Å². The molecular formula is C24H19N3O4S. The molecule has 3 heterocycles. The Morgan fingerprint density at radius 2 is 1.78 bits per heavy atom. The molecule has 0 atom stereocenters. The Bertz CT molecular complexity index is 1310. The van der Waals surface area contributed by atoms with Gasteiger partial charge in [-0.05, 0) is 25.0 Å². The predicted molar refractivity (Wildman–Crippen MR) is 120 cm³/mol. The molecule has 1 N–H and O–H groups in total. The van der Waals surface area contributed by atoms with Crippen molar-refractivity contribution in [2.45, 2.75) is 20.0 Å². The summed E-state index contributed by atoms with van der Waals surface area (Å²) in [4.78, 5) is 31.8. The van der Waals surface area contributed by atoms with Gasteiger partial charge in [0, 0.05) is 16.0 Å². The van der Waals surface area contributed by atoms with Gasteiger partial charge in [0.1, 0.15) is 5.00 Å². The van der Waals surface area contributed by atoms with Gasteiger partial charge in [-0.15, -0.1) is 11.3 Å². The topological polar surface area (TPSA) is 94.3 Å². The number of amides is 1. The maximum Gasteiger partial charge on any atom is 0.261 e. The maximum atomic E-state index is 13.3. The molecule has 4 aromatic rings. The molecule has 0 saturated heterocycles. The first-order valence-electron chi connectivity index (χ1n) is 10.1. The first-order valence-corrected chi connectivity index (χ1v) is 11.0. The highest BCUT2D eigenvalue weighted by Crippen LogP contribution is 2.42. The number of benzene rings is 2. The fraction of sp³-hybridized carbons (Fsp3) is 0.167. The maximum absolute atomic E-state index is 13.3. The number of anilines is 1. The average Bonchev–Trinajstić information content (AvgIpc) is 3.41. The van der Waals surface area contributed by atoms with Crippen molar-refractivity contribution in [2.24, 2.45) is 0 Å². The number of thiophene rings is 1. The van der Waals surface area contributed by atoms with E-state index in [0.717, 1.165) is 16.0 Å². The molecule has 1 aliphatic heterocycles. The van der Waals surface area contributed by atoms with Gasteiger partial charge in [0.2, 0.25) is 0 Å². The van der Waals surface area contributed by atoms with Crippen molar-refractivity contribution in [3.05, 3.63) is 87.6 Å². The van der Waals surface area contributed by atoms with Crippen LogP contribution in [0.1, 0.15) is 42.5 Å². The van der Waals surface area contributed by atoms with Crippen LogP contribution in [-0.2, 0) is 17.8 Å². The molecule has 2 aromatic carbocycles. The molecule has 0 saturated carbocycles. The largest absolute Gasteiger partial charge is 0.376 e. The number of carbonyl (C=O) groups excluding carboxylic acids is 2. The summed E-state index contributed by atoms with van der Waals surface area (Å²) in [5.41, 5.74) is 2.95. The standard InChI is InChI=1S/C24H19N3O4S/c1-14-25-23(31-27-14)20-18-11-12-30-13-19(18)32-24(20)26-22(29)17-10-6-5-9-16(17)21(28)15-7-3-2-4-8-15/h2-10H,11-13H2,1H3,(H,26,29). The van der Waals surface area contributed by atoms with Gasteiger partial charge in [-0.25, -0.2) is 0 Å². The molecule has 0 bridgehead atoms. The van der Waals surface area contributed by atoms with E-state index in [1.54, 1.807) is 55.5 Å². The monoisotopic (exact) mass is 445 g/mol. The number of nitrogens with one attached hydrogen (secondary N) is 1. The van der Waals surface area contributed by atoms with Gasteiger partial charge in [0.15, 0.2) is 11.6 Å². The van der Waals surface area contributed by atoms with Gasteiger partial charge in [-0.3, -0.25) is 9.59 Å². The SMILES string of the molecule is Cc1noc(-c2c(NC(=O)c3ccccc3C(=O)c3ccccc3)sc3c2CCOC3)n1. The van der Waals surface area contributed by atoms with Crippen molar-refractivity contribution in [1.29, 1.82) is 0 Å². The highest BCUT2D eigenvalue weighted by Gasteiger charge is 2.28. The normalized spacial score (nSPS) is 12.9. The van der Waals surface area contributed by atoms with E-state index in [9.17, 15) is 9.59 Å². The third-order valence-electron chi connectivity index (χ3n) is 5.24. The predicted octanol–water partition coefficient (Wildman–Crippen LogP) is 4.66. The first-order chi connectivity index (χ1) is 15.6. The van der Waals surface area contributed by atoms with Crippen molar-refractivity contribution < 1.29 is 18.8 Å². The number of carbonyl (C=O) groups is 2. The van der Waals surface area contributed by atoms with Crippen LogP contribution in [0.2, 0.25) is 0 Å². The smallest absolute Gasteiger partial charge is 0.261 e. The zero-order valence-electron chi connectivity index (χ0n) is 17.3. The van der Waals surface area contributed by atoms with Crippen LogP contribution in [0.4, 0.5) is 5.00 Å². The second kappa shape index (κ2) is 8.49. The van der Waals surface area contributed by atoms with Crippen LogP contribution < -0.4 is 5.32 Å². The van der Waals surface area contributed by atoms with E-state index in [0.29, 0.717) is 53.0 Å². The van der Waals surface area contributed by atoms with Crippen LogP contribution >= 0.6 is 11.3 Å². The summed E-state index contributed by atoms with van der Waals surface area (Å²) < 4.78 is 11.0. The molecule has 0 aliphatic carbocycles. The number of hydrogen-bond donors (Lipinski definition) is 1. The average molecular weight is 446 g/mol. The second-order valence-corrected chi connectivity index (χ2v) is 8.46. The lowest BCUT2D eigenvalue weighted by molar-refractivity contribution is 0.0996. The fourth-order valence-electron chi connectivity index (χ4n) is 3.74. The molecule has 0 unspecified atom stereocenters. The summed E-state index contributed by atoms with van der Waals surface area (Å²) in [6.07, 6.45) is 0.696. The molecular weight excluding hydrogens is 426 g/mol. The van der Waals surface area contributed by atoms with Crippen LogP contribution in [0.5, 0.6) is 0 Å². The molecule has 7 nitrogen and oxygen atoms in total. The fourth-order valence-corrected chi connectivity index (χ4v) is 4.91. The number of hydrogen-bond acceptors (Lipinski definition) is 7. The third kappa shape index (κ3) is 3.74. The van der Waals surface area contributed by atoms with Gasteiger partial charge < -0.3 is 14.6 Å². The number of nitrogens with zero attached hydrogens (tertiary/aromatic N) is 2. The van der Waals surface area contributed by atoms with E-state index in [1.807, 2.05) is 6.07 Å². The van der Waals surface area contributed by atoms with Crippen LogP contribution in [0, 0.1) is 6.92 Å². The molecule has 8 heteroatoms. The van der Waals surface area contributed by atoms with Gasteiger partial charge >= 0.3 is 0 Å². The highest BCUT2D eigenvalue weighted by atomic mass is 32.1.